The Kier molecular flexibility index (Phi) is 7.26. The third kappa shape index (κ3) is 4.52. The number of hydrogen-bond donors (Lipinski definition) is 0. The molecule has 3 aromatic rings. The van der Waals surface area contributed by atoms with Crippen LogP contribution in [0.3, 0.4) is 0 Å². The van der Waals surface area contributed by atoms with Crippen molar-refractivity contribution in [3.05, 3.63) is 80.1 Å². The lowest BCUT2D eigenvalue weighted by Crippen LogP contribution is -2.44. The highest BCUT2D eigenvalue weighted by Gasteiger charge is 2.47. The Labute approximate surface area is 195 Å². The van der Waals surface area contributed by atoms with E-state index in [0.29, 0.717) is 20.9 Å². The van der Waals surface area contributed by atoms with E-state index in [2.05, 4.69) is 0 Å². The van der Waals surface area contributed by atoms with E-state index in [1.54, 1.807) is 48.7 Å². The maximum absolute atomic E-state index is 13.2. The molecule has 0 aliphatic rings. The molecule has 1 aromatic heterocycles. The molecule has 3 rings (SSSR count). The SMILES string of the molecule is CCOC(=O)C(C)(C(=O)OCC)c1cc(=O)n(Cc2ccc(Cl)cc2)c2ccc(Cl)cc12. The summed E-state index contributed by atoms with van der Waals surface area (Å²) in [6.07, 6.45) is 0. The molecule has 0 amide bonds. The third-order valence-electron chi connectivity index (χ3n) is 5.23. The highest BCUT2D eigenvalue weighted by atomic mass is 35.5. The van der Waals surface area contributed by atoms with Gasteiger partial charge in [0.1, 0.15) is 0 Å². The van der Waals surface area contributed by atoms with Crippen molar-refractivity contribution < 1.29 is 19.1 Å². The molecule has 0 aliphatic heterocycles. The topological polar surface area (TPSA) is 74.6 Å². The van der Waals surface area contributed by atoms with E-state index < -0.39 is 17.4 Å². The summed E-state index contributed by atoms with van der Waals surface area (Å²) in [5.74, 6) is -1.59. The van der Waals surface area contributed by atoms with Gasteiger partial charge in [0.15, 0.2) is 5.41 Å². The first-order chi connectivity index (χ1) is 15.2. The highest BCUT2D eigenvalue weighted by Crippen LogP contribution is 2.34. The first-order valence-corrected chi connectivity index (χ1v) is 10.9. The number of carbonyl (C=O) groups is 2. The largest absolute Gasteiger partial charge is 0.465 e. The zero-order chi connectivity index (χ0) is 23.5. The first kappa shape index (κ1) is 23.8. The minimum absolute atomic E-state index is 0.0696. The molecule has 0 unspecified atom stereocenters. The van der Waals surface area contributed by atoms with Crippen LogP contribution in [0.15, 0.2) is 53.3 Å². The van der Waals surface area contributed by atoms with Crippen LogP contribution < -0.4 is 5.56 Å². The summed E-state index contributed by atoms with van der Waals surface area (Å²) in [4.78, 5) is 39.1. The molecule has 0 spiro atoms. The number of esters is 2. The van der Waals surface area contributed by atoms with Crippen LogP contribution in [0.5, 0.6) is 0 Å². The molecule has 8 heteroatoms. The van der Waals surface area contributed by atoms with Gasteiger partial charge in [-0.05, 0) is 62.2 Å². The van der Waals surface area contributed by atoms with Gasteiger partial charge in [0.2, 0.25) is 0 Å². The van der Waals surface area contributed by atoms with Crippen LogP contribution in [0.25, 0.3) is 10.9 Å². The molecule has 0 bridgehead atoms. The van der Waals surface area contributed by atoms with Gasteiger partial charge in [-0.25, -0.2) is 0 Å². The van der Waals surface area contributed by atoms with E-state index in [-0.39, 0.29) is 30.9 Å². The maximum Gasteiger partial charge on any atom is 0.327 e. The summed E-state index contributed by atoms with van der Waals surface area (Å²) in [6, 6.07) is 13.4. The second-order valence-electron chi connectivity index (χ2n) is 7.34. The van der Waals surface area contributed by atoms with Crippen LogP contribution in [0, 0.1) is 0 Å². The molecule has 0 fully saturated rings. The molecule has 32 heavy (non-hydrogen) atoms. The van der Waals surface area contributed by atoms with Crippen LogP contribution in [-0.2, 0) is 31.0 Å². The average molecular weight is 476 g/mol. The molecular formula is C24H23Cl2NO5. The van der Waals surface area contributed by atoms with Gasteiger partial charge in [0.25, 0.3) is 5.56 Å². The van der Waals surface area contributed by atoms with Gasteiger partial charge in [-0.2, -0.15) is 0 Å². The van der Waals surface area contributed by atoms with Crippen LogP contribution >= 0.6 is 23.2 Å². The summed E-state index contributed by atoms with van der Waals surface area (Å²) >= 11 is 12.2. The number of halogens is 2. The van der Waals surface area contributed by atoms with Gasteiger partial charge in [-0.1, -0.05) is 35.3 Å². The van der Waals surface area contributed by atoms with Crippen molar-refractivity contribution in [3.63, 3.8) is 0 Å². The van der Waals surface area contributed by atoms with Crippen molar-refractivity contribution >= 4 is 46.0 Å². The van der Waals surface area contributed by atoms with E-state index in [4.69, 9.17) is 32.7 Å². The minimum atomic E-state index is -1.84. The Balaban J connectivity index is 2.28. The van der Waals surface area contributed by atoms with Gasteiger partial charge >= 0.3 is 11.9 Å². The summed E-state index contributed by atoms with van der Waals surface area (Å²) in [7, 11) is 0. The number of aromatic nitrogens is 1. The van der Waals surface area contributed by atoms with Crippen molar-refractivity contribution in [3.8, 4) is 0 Å². The first-order valence-electron chi connectivity index (χ1n) is 10.1. The smallest absolute Gasteiger partial charge is 0.327 e. The summed E-state index contributed by atoms with van der Waals surface area (Å²) in [5.41, 5.74) is -0.660. The summed E-state index contributed by atoms with van der Waals surface area (Å²) in [6.45, 7) is 5.09. The summed E-state index contributed by atoms with van der Waals surface area (Å²) in [5, 5.41) is 1.47. The molecule has 0 saturated carbocycles. The number of carbonyl (C=O) groups excluding carboxylic acids is 2. The summed E-state index contributed by atoms with van der Waals surface area (Å²) < 4.78 is 11.9. The maximum atomic E-state index is 13.2. The Morgan fingerprint density at radius 1 is 0.906 bits per heavy atom. The second kappa shape index (κ2) is 9.76. The Morgan fingerprint density at radius 2 is 1.47 bits per heavy atom. The fourth-order valence-electron chi connectivity index (χ4n) is 3.56. The number of nitrogens with zero attached hydrogens (tertiary/aromatic N) is 1. The van der Waals surface area contributed by atoms with Crippen molar-refractivity contribution in [2.45, 2.75) is 32.7 Å². The van der Waals surface area contributed by atoms with E-state index >= 15 is 0 Å². The number of benzene rings is 2. The average Bonchev–Trinajstić information content (AvgIpc) is 2.76. The quantitative estimate of drug-likeness (QED) is 0.364. The Morgan fingerprint density at radius 3 is 2.03 bits per heavy atom. The Bertz CT molecular complexity index is 1200. The van der Waals surface area contributed by atoms with Gasteiger partial charge in [0, 0.05) is 21.5 Å². The predicted octanol–water partition coefficient (Wildman–Crippen LogP) is 4.74. The minimum Gasteiger partial charge on any atom is -0.465 e. The van der Waals surface area contributed by atoms with Crippen LogP contribution in [0.1, 0.15) is 31.9 Å². The molecule has 0 saturated heterocycles. The van der Waals surface area contributed by atoms with Crippen molar-refractivity contribution in [2.75, 3.05) is 13.2 Å². The number of hydrogen-bond acceptors (Lipinski definition) is 5. The predicted molar refractivity (Wildman–Crippen MR) is 124 cm³/mol. The molecule has 1 heterocycles. The standard InChI is InChI=1S/C24H23Cl2NO5/c1-4-31-22(29)24(3,23(30)32-5-2)19-13-21(28)27(14-15-6-8-16(25)9-7-15)20-11-10-17(26)12-18(19)20/h6-13H,4-5,14H2,1-3H3. The molecule has 168 valence electrons. The monoisotopic (exact) mass is 475 g/mol. The lowest BCUT2D eigenvalue weighted by molar-refractivity contribution is -0.163. The zero-order valence-corrected chi connectivity index (χ0v) is 19.5. The van der Waals surface area contributed by atoms with Gasteiger partial charge in [0.05, 0.1) is 25.3 Å². The molecule has 0 atom stereocenters. The zero-order valence-electron chi connectivity index (χ0n) is 18.0. The Hall–Kier alpha value is -2.83. The second-order valence-corrected chi connectivity index (χ2v) is 8.21. The normalized spacial score (nSPS) is 11.4. The van der Waals surface area contributed by atoms with Gasteiger partial charge in [-0.3, -0.25) is 14.4 Å². The fraction of sp³-hybridized carbons (Fsp3) is 0.292. The van der Waals surface area contributed by atoms with E-state index in [1.165, 1.54) is 13.0 Å². The van der Waals surface area contributed by atoms with Crippen molar-refractivity contribution in [1.82, 2.24) is 4.57 Å². The highest BCUT2D eigenvalue weighted by molar-refractivity contribution is 6.31. The molecule has 0 N–H and O–H groups in total. The van der Waals surface area contributed by atoms with Crippen LogP contribution in [0.4, 0.5) is 0 Å². The number of pyridine rings is 1. The van der Waals surface area contributed by atoms with Crippen molar-refractivity contribution in [2.24, 2.45) is 0 Å². The van der Waals surface area contributed by atoms with Crippen LogP contribution in [-0.4, -0.2) is 29.7 Å². The van der Waals surface area contributed by atoms with E-state index in [1.807, 2.05) is 12.1 Å². The lowest BCUT2D eigenvalue weighted by atomic mass is 9.80. The van der Waals surface area contributed by atoms with Gasteiger partial charge in [-0.15, -0.1) is 0 Å². The molecule has 2 aromatic carbocycles. The van der Waals surface area contributed by atoms with Gasteiger partial charge < -0.3 is 14.0 Å². The third-order valence-corrected chi connectivity index (χ3v) is 5.72. The number of fused-ring (bicyclic) bond motifs is 1. The molecule has 0 radical (unpaired) electrons. The van der Waals surface area contributed by atoms with E-state index in [0.717, 1.165) is 5.56 Å². The molecular weight excluding hydrogens is 453 g/mol. The molecule has 0 aliphatic carbocycles. The van der Waals surface area contributed by atoms with Crippen molar-refractivity contribution in [1.29, 1.82) is 0 Å². The number of rotatable bonds is 7. The van der Waals surface area contributed by atoms with E-state index in [9.17, 15) is 14.4 Å². The lowest BCUT2D eigenvalue weighted by Gasteiger charge is -2.27. The molecule has 6 nitrogen and oxygen atoms in total. The van der Waals surface area contributed by atoms with Crippen LogP contribution in [0.2, 0.25) is 10.0 Å². The fourth-order valence-corrected chi connectivity index (χ4v) is 3.86. The number of ether oxygens (including phenoxy) is 2.